The standard InChI is InChI=1S/C12H22N2/c1-8(2)11-10(5)14(6)7-13-12(11)9(3)4/h8-9,13H,5,7H2,1-4,6H3. The van der Waals surface area contributed by atoms with Gasteiger partial charge in [0.15, 0.2) is 0 Å². The van der Waals surface area contributed by atoms with Crippen molar-refractivity contribution >= 4 is 0 Å². The summed E-state index contributed by atoms with van der Waals surface area (Å²) < 4.78 is 0. The molecular weight excluding hydrogens is 172 g/mol. The molecule has 0 aromatic rings. The molecule has 0 unspecified atom stereocenters. The maximum absolute atomic E-state index is 4.16. The molecule has 14 heavy (non-hydrogen) atoms. The zero-order valence-electron chi connectivity index (χ0n) is 10.0. The zero-order valence-corrected chi connectivity index (χ0v) is 10.0. The largest absolute Gasteiger partial charge is 0.371 e. The number of hydrogen-bond donors (Lipinski definition) is 1. The third kappa shape index (κ3) is 1.94. The van der Waals surface area contributed by atoms with E-state index in [-0.39, 0.29) is 0 Å². The Morgan fingerprint density at radius 2 is 1.79 bits per heavy atom. The molecule has 0 radical (unpaired) electrons. The van der Waals surface area contributed by atoms with Gasteiger partial charge in [0, 0.05) is 18.4 Å². The van der Waals surface area contributed by atoms with Crippen LogP contribution in [0.3, 0.4) is 0 Å². The summed E-state index contributed by atoms with van der Waals surface area (Å²) in [6, 6.07) is 0. The molecule has 1 aliphatic rings. The fraction of sp³-hybridized carbons (Fsp3) is 0.667. The van der Waals surface area contributed by atoms with Crippen LogP contribution < -0.4 is 5.32 Å². The predicted octanol–water partition coefficient (Wildman–Crippen LogP) is 2.56. The van der Waals surface area contributed by atoms with Crippen molar-refractivity contribution in [1.29, 1.82) is 0 Å². The molecule has 80 valence electrons. The van der Waals surface area contributed by atoms with Gasteiger partial charge in [-0.15, -0.1) is 0 Å². The highest BCUT2D eigenvalue weighted by Gasteiger charge is 2.22. The summed E-state index contributed by atoms with van der Waals surface area (Å²) in [6.07, 6.45) is 0. The highest BCUT2D eigenvalue weighted by atomic mass is 15.2. The lowest BCUT2D eigenvalue weighted by Crippen LogP contribution is -2.39. The summed E-state index contributed by atoms with van der Waals surface area (Å²) in [6.45, 7) is 13.9. The van der Waals surface area contributed by atoms with Gasteiger partial charge in [-0.25, -0.2) is 0 Å². The maximum atomic E-state index is 4.16. The normalized spacial score (nSPS) is 18.2. The van der Waals surface area contributed by atoms with Crippen molar-refractivity contribution in [2.45, 2.75) is 27.7 Å². The van der Waals surface area contributed by atoms with Crippen LogP contribution in [0, 0.1) is 11.8 Å². The van der Waals surface area contributed by atoms with E-state index in [2.05, 4.69) is 51.5 Å². The van der Waals surface area contributed by atoms with Crippen molar-refractivity contribution in [3.05, 3.63) is 23.5 Å². The molecular formula is C12H22N2. The Labute approximate surface area is 87.7 Å². The van der Waals surface area contributed by atoms with Crippen molar-refractivity contribution in [3.8, 4) is 0 Å². The van der Waals surface area contributed by atoms with Crippen molar-refractivity contribution < 1.29 is 0 Å². The Balaban J connectivity index is 3.10. The van der Waals surface area contributed by atoms with Crippen LogP contribution in [0.1, 0.15) is 27.7 Å². The minimum Gasteiger partial charge on any atom is -0.371 e. The molecule has 0 amide bonds. The van der Waals surface area contributed by atoms with Crippen LogP contribution in [0.25, 0.3) is 0 Å². The number of nitrogens with zero attached hydrogens (tertiary/aromatic N) is 1. The molecule has 0 atom stereocenters. The molecule has 0 saturated carbocycles. The van der Waals surface area contributed by atoms with E-state index in [1.807, 2.05) is 0 Å². The second-order valence-electron chi connectivity index (χ2n) is 4.62. The quantitative estimate of drug-likeness (QED) is 0.727. The van der Waals surface area contributed by atoms with Gasteiger partial charge in [-0.3, -0.25) is 0 Å². The molecule has 0 aliphatic carbocycles. The van der Waals surface area contributed by atoms with E-state index < -0.39 is 0 Å². The summed E-state index contributed by atoms with van der Waals surface area (Å²) in [7, 11) is 2.08. The van der Waals surface area contributed by atoms with Crippen LogP contribution in [0.2, 0.25) is 0 Å². The van der Waals surface area contributed by atoms with E-state index in [1.54, 1.807) is 0 Å². The lowest BCUT2D eigenvalue weighted by molar-refractivity contribution is 0.357. The highest BCUT2D eigenvalue weighted by molar-refractivity contribution is 5.36. The van der Waals surface area contributed by atoms with E-state index in [9.17, 15) is 0 Å². The fourth-order valence-corrected chi connectivity index (χ4v) is 1.91. The van der Waals surface area contributed by atoms with Gasteiger partial charge < -0.3 is 10.2 Å². The minimum absolute atomic E-state index is 0.537. The predicted molar refractivity (Wildman–Crippen MR) is 61.6 cm³/mol. The molecule has 1 heterocycles. The summed E-state index contributed by atoms with van der Waals surface area (Å²) in [5, 5.41) is 3.47. The first kappa shape index (κ1) is 11.2. The highest BCUT2D eigenvalue weighted by Crippen LogP contribution is 2.29. The maximum Gasteiger partial charge on any atom is 0.0870 e. The molecule has 1 N–H and O–H groups in total. The molecule has 0 bridgehead atoms. The zero-order chi connectivity index (χ0) is 10.9. The summed E-state index contributed by atoms with van der Waals surface area (Å²) in [5.74, 6) is 1.09. The van der Waals surface area contributed by atoms with E-state index in [1.165, 1.54) is 17.0 Å². The Kier molecular flexibility index (Phi) is 3.25. The molecule has 0 saturated heterocycles. The second-order valence-corrected chi connectivity index (χ2v) is 4.62. The van der Waals surface area contributed by atoms with Gasteiger partial charge in [-0.1, -0.05) is 34.3 Å². The first-order chi connectivity index (χ1) is 6.45. The van der Waals surface area contributed by atoms with Crippen LogP contribution in [0.4, 0.5) is 0 Å². The summed E-state index contributed by atoms with van der Waals surface area (Å²) in [5.41, 5.74) is 3.92. The van der Waals surface area contributed by atoms with Crippen LogP contribution in [-0.2, 0) is 0 Å². The minimum atomic E-state index is 0.537. The third-order valence-electron chi connectivity index (χ3n) is 2.72. The van der Waals surface area contributed by atoms with Crippen molar-refractivity contribution in [2.75, 3.05) is 13.7 Å². The van der Waals surface area contributed by atoms with Crippen molar-refractivity contribution in [3.63, 3.8) is 0 Å². The lowest BCUT2D eigenvalue weighted by atomic mass is 9.91. The van der Waals surface area contributed by atoms with Crippen LogP contribution in [0.5, 0.6) is 0 Å². The average Bonchev–Trinajstić information content (AvgIpc) is 2.08. The van der Waals surface area contributed by atoms with Gasteiger partial charge in [-0.05, 0) is 17.4 Å². The number of allylic oxidation sites excluding steroid dienone is 2. The molecule has 0 fully saturated rings. The summed E-state index contributed by atoms with van der Waals surface area (Å²) >= 11 is 0. The molecule has 2 heteroatoms. The number of rotatable bonds is 2. The average molecular weight is 194 g/mol. The first-order valence-electron chi connectivity index (χ1n) is 5.33. The number of likely N-dealkylation sites (N-methyl/N-ethyl adjacent to an activating group) is 1. The van der Waals surface area contributed by atoms with Gasteiger partial charge in [0.25, 0.3) is 0 Å². The summed E-state index contributed by atoms with van der Waals surface area (Å²) in [4.78, 5) is 2.17. The van der Waals surface area contributed by atoms with E-state index in [0.29, 0.717) is 11.8 Å². The lowest BCUT2D eigenvalue weighted by Gasteiger charge is -2.36. The first-order valence-corrected chi connectivity index (χ1v) is 5.33. The SMILES string of the molecule is C=C1C(C(C)C)=C(C(C)C)NCN1C. The molecule has 1 aliphatic heterocycles. The van der Waals surface area contributed by atoms with Gasteiger partial charge >= 0.3 is 0 Å². The molecule has 0 aromatic carbocycles. The Bertz CT molecular complexity index is 261. The van der Waals surface area contributed by atoms with Crippen LogP contribution in [-0.4, -0.2) is 18.6 Å². The number of hydrogen-bond acceptors (Lipinski definition) is 2. The van der Waals surface area contributed by atoms with Gasteiger partial charge in [0.2, 0.25) is 0 Å². The second kappa shape index (κ2) is 4.07. The van der Waals surface area contributed by atoms with E-state index >= 15 is 0 Å². The monoisotopic (exact) mass is 194 g/mol. The van der Waals surface area contributed by atoms with Gasteiger partial charge in [0.1, 0.15) is 0 Å². The van der Waals surface area contributed by atoms with Gasteiger partial charge in [-0.2, -0.15) is 0 Å². The van der Waals surface area contributed by atoms with E-state index in [0.717, 1.165) is 6.67 Å². The van der Waals surface area contributed by atoms with E-state index in [4.69, 9.17) is 0 Å². The smallest absolute Gasteiger partial charge is 0.0870 e. The third-order valence-corrected chi connectivity index (χ3v) is 2.72. The molecule has 2 nitrogen and oxygen atoms in total. The Morgan fingerprint density at radius 3 is 2.21 bits per heavy atom. The van der Waals surface area contributed by atoms with Crippen molar-refractivity contribution in [1.82, 2.24) is 10.2 Å². The molecule has 1 rings (SSSR count). The van der Waals surface area contributed by atoms with Crippen molar-refractivity contribution in [2.24, 2.45) is 11.8 Å². The Hall–Kier alpha value is -0.920. The molecule has 0 aromatic heterocycles. The van der Waals surface area contributed by atoms with Crippen LogP contribution >= 0.6 is 0 Å². The van der Waals surface area contributed by atoms with Crippen LogP contribution in [0.15, 0.2) is 23.5 Å². The number of nitrogens with one attached hydrogen (secondary N) is 1. The Morgan fingerprint density at radius 1 is 1.21 bits per heavy atom. The topological polar surface area (TPSA) is 15.3 Å². The van der Waals surface area contributed by atoms with Gasteiger partial charge in [0.05, 0.1) is 6.67 Å². The molecule has 0 spiro atoms. The fourth-order valence-electron chi connectivity index (χ4n) is 1.91.